The molecule has 0 saturated heterocycles. The molecule has 0 saturated carbocycles. The molecule has 3 aromatic carbocycles. The van der Waals surface area contributed by atoms with Gasteiger partial charge in [0.15, 0.2) is 5.16 Å². The predicted molar refractivity (Wildman–Crippen MR) is 128 cm³/mol. The van der Waals surface area contributed by atoms with Crippen LogP contribution in [0.5, 0.6) is 0 Å². The molecule has 156 valence electrons. The Bertz CT molecular complexity index is 1140. The van der Waals surface area contributed by atoms with E-state index in [2.05, 4.69) is 27.6 Å². The van der Waals surface area contributed by atoms with Crippen molar-refractivity contribution in [1.82, 2.24) is 14.8 Å². The summed E-state index contributed by atoms with van der Waals surface area (Å²) in [5.41, 5.74) is 1.68. The lowest BCUT2D eigenvalue weighted by atomic mass is 10.3. The fourth-order valence-electron chi connectivity index (χ4n) is 2.85. The number of anilines is 1. The third-order valence-electron chi connectivity index (χ3n) is 4.29. The van der Waals surface area contributed by atoms with E-state index in [1.807, 2.05) is 53.1 Å². The summed E-state index contributed by atoms with van der Waals surface area (Å²) < 4.78 is 2.01. The van der Waals surface area contributed by atoms with E-state index in [9.17, 15) is 4.79 Å². The van der Waals surface area contributed by atoms with Crippen molar-refractivity contribution < 1.29 is 4.79 Å². The minimum Gasteiger partial charge on any atom is -0.325 e. The smallest absolute Gasteiger partial charge is 0.234 e. The van der Waals surface area contributed by atoms with E-state index in [4.69, 9.17) is 11.6 Å². The molecule has 1 heterocycles. The monoisotopic (exact) mass is 466 g/mol. The second kappa shape index (κ2) is 10.5. The summed E-state index contributed by atoms with van der Waals surface area (Å²) in [5, 5.41) is 12.9. The zero-order valence-corrected chi connectivity index (χ0v) is 18.8. The number of aromatic nitrogens is 3. The largest absolute Gasteiger partial charge is 0.325 e. The lowest BCUT2D eigenvalue weighted by Gasteiger charge is -2.10. The highest BCUT2D eigenvalue weighted by atomic mass is 35.5. The molecule has 0 aliphatic rings. The van der Waals surface area contributed by atoms with Gasteiger partial charge in [0.1, 0.15) is 5.82 Å². The number of hydrogen-bond donors (Lipinski definition) is 1. The van der Waals surface area contributed by atoms with Crippen LogP contribution >= 0.6 is 35.1 Å². The van der Waals surface area contributed by atoms with Crippen molar-refractivity contribution in [3.05, 3.63) is 95.8 Å². The van der Waals surface area contributed by atoms with Crippen LogP contribution < -0.4 is 5.32 Å². The summed E-state index contributed by atoms with van der Waals surface area (Å²) >= 11 is 8.95. The summed E-state index contributed by atoms with van der Waals surface area (Å²) in [5.74, 6) is 1.61. The van der Waals surface area contributed by atoms with Gasteiger partial charge in [0.2, 0.25) is 5.91 Å². The number of carbonyl (C=O) groups excluding carboxylic acids is 1. The summed E-state index contributed by atoms with van der Waals surface area (Å²) in [6.07, 6.45) is 0. The maximum Gasteiger partial charge on any atom is 0.234 e. The number of hydrogen-bond acceptors (Lipinski definition) is 5. The number of carbonyl (C=O) groups is 1. The Kier molecular flexibility index (Phi) is 7.30. The molecule has 0 spiro atoms. The van der Waals surface area contributed by atoms with Gasteiger partial charge in [-0.2, -0.15) is 0 Å². The van der Waals surface area contributed by atoms with Crippen molar-refractivity contribution in [3.63, 3.8) is 0 Å². The Morgan fingerprint density at radius 2 is 1.55 bits per heavy atom. The fourth-order valence-corrected chi connectivity index (χ4v) is 4.58. The topological polar surface area (TPSA) is 59.8 Å². The Balaban J connectivity index is 1.48. The van der Waals surface area contributed by atoms with Crippen LogP contribution in [0.3, 0.4) is 0 Å². The molecule has 0 radical (unpaired) electrons. The van der Waals surface area contributed by atoms with Gasteiger partial charge in [0, 0.05) is 21.3 Å². The van der Waals surface area contributed by atoms with Crippen LogP contribution in [-0.4, -0.2) is 26.4 Å². The van der Waals surface area contributed by atoms with Gasteiger partial charge in [0.05, 0.1) is 11.5 Å². The van der Waals surface area contributed by atoms with Crippen molar-refractivity contribution in [3.8, 4) is 5.69 Å². The van der Waals surface area contributed by atoms with Gasteiger partial charge in [-0.05, 0) is 48.5 Å². The molecule has 0 fully saturated rings. The average Bonchev–Trinajstić information content (AvgIpc) is 3.22. The van der Waals surface area contributed by atoms with Crippen molar-refractivity contribution in [2.24, 2.45) is 0 Å². The molecule has 8 heteroatoms. The number of halogens is 1. The van der Waals surface area contributed by atoms with Gasteiger partial charge < -0.3 is 5.32 Å². The van der Waals surface area contributed by atoms with Gasteiger partial charge in [-0.15, -0.1) is 22.0 Å². The standard InChI is InChI=1S/C23H19ClN4OS2/c24-17-11-13-18(14-12-17)25-22(29)16-31-23-27-26-21(15-30-20-9-5-2-6-10-20)28(23)19-7-3-1-4-8-19/h1-14H,15-16H2,(H,25,29). The maximum atomic E-state index is 12.4. The van der Waals surface area contributed by atoms with Crippen LogP contribution in [0, 0.1) is 0 Å². The number of thioether (sulfide) groups is 2. The van der Waals surface area contributed by atoms with Gasteiger partial charge in [-0.3, -0.25) is 9.36 Å². The van der Waals surface area contributed by atoms with Crippen LogP contribution in [-0.2, 0) is 10.5 Å². The molecular weight excluding hydrogens is 448 g/mol. The molecule has 1 N–H and O–H groups in total. The minimum atomic E-state index is -0.116. The molecular formula is C23H19ClN4OS2. The van der Waals surface area contributed by atoms with Crippen LogP contribution in [0.1, 0.15) is 5.82 Å². The SMILES string of the molecule is O=C(CSc1nnc(CSc2ccccc2)n1-c1ccccc1)Nc1ccc(Cl)cc1. The lowest BCUT2D eigenvalue weighted by Crippen LogP contribution is -2.14. The first-order chi connectivity index (χ1) is 15.2. The van der Waals surface area contributed by atoms with Crippen molar-refractivity contribution in [2.45, 2.75) is 15.8 Å². The zero-order chi connectivity index (χ0) is 21.5. The lowest BCUT2D eigenvalue weighted by molar-refractivity contribution is -0.113. The Hall–Kier alpha value is -2.74. The number of rotatable bonds is 8. The Morgan fingerprint density at radius 1 is 0.871 bits per heavy atom. The van der Waals surface area contributed by atoms with E-state index in [-0.39, 0.29) is 11.7 Å². The van der Waals surface area contributed by atoms with Crippen molar-refractivity contribution >= 4 is 46.7 Å². The van der Waals surface area contributed by atoms with Crippen LogP contribution in [0.2, 0.25) is 5.02 Å². The van der Waals surface area contributed by atoms with E-state index in [0.29, 0.717) is 21.6 Å². The van der Waals surface area contributed by atoms with Gasteiger partial charge in [0.25, 0.3) is 0 Å². The maximum absolute atomic E-state index is 12.4. The van der Waals surface area contributed by atoms with Gasteiger partial charge >= 0.3 is 0 Å². The summed E-state index contributed by atoms with van der Waals surface area (Å²) in [7, 11) is 0. The quantitative estimate of drug-likeness (QED) is 0.325. The summed E-state index contributed by atoms with van der Waals surface area (Å²) in [6.45, 7) is 0. The molecule has 1 aromatic heterocycles. The molecule has 0 atom stereocenters. The third kappa shape index (κ3) is 5.91. The van der Waals surface area contributed by atoms with E-state index < -0.39 is 0 Å². The molecule has 4 aromatic rings. The first-order valence-electron chi connectivity index (χ1n) is 9.55. The number of nitrogens with zero attached hydrogens (tertiary/aromatic N) is 3. The molecule has 4 rings (SSSR count). The first-order valence-corrected chi connectivity index (χ1v) is 11.9. The molecule has 5 nitrogen and oxygen atoms in total. The number of para-hydroxylation sites is 1. The number of amides is 1. The molecule has 0 bridgehead atoms. The molecule has 0 aliphatic heterocycles. The van der Waals surface area contributed by atoms with E-state index in [1.165, 1.54) is 16.7 Å². The molecule has 31 heavy (non-hydrogen) atoms. The van der Waals surface area contributed by atoms with E-state index in [1.54, 1.807) is 36.0 Å². The average molecular weight is 467 g/mol. The molecule has 0 aliphatic carbocycles. The molecule has 0 unspecified atom stereocenters. The van der Waals surface area contributed by atoms with Crippen molar-refractivity contribution in [1.29, 1.82) is 0 Å². The number of nitrogens with one attached hydrogen (secondary N) is 1. The summed E-state index contributed by atoms with van der Waals surface area (Å²) in [4.78, 5) is 13.6. The fraction of sp³-hybridized carbons (Fsp3) is 0.0870. The van der Waals surface area contributed by atoms with Crippen LogP contribution in [0.25, 0.3) is 5.69 Å². The molecule has 1 amide bonds. The number of benzene rings is 3. The van der Waals surface area contributed by atoms with Crippen LogP contribution in [0.15, 0.2) is 95.0 Å². The predicted octanol–water partition coefficient (Wildman–Crippen LogP) is 5.94. The Labute approximate surface area is 194 Å². The van der Waals surface area contributed by atoms with Crippen molar-refractivity contribution in [2.75, 3.05) is 11.1 Å². The third-order valence-corrected chi connectivity index (χ3v) is 6.48. The van der Waals surface area contributed by atoms with Gasteiger partial charge in [-0.25, -0.2) is 0 Å². The summed E-state index contributed by atoms with van der Waals surface area (Å²) in [6, 6.07) is 27.2. The van der Waals surface area contributed by atoms with Gasteiger partial charge in [-0.1, -0.05) is 59.8 Å². The van der Waals surface area contributed by atoms with E-state index >= 15 is 0 Å². The van der Waals surface area contributed by atoms with Crippen LogP contribution in [0.4, 0.5) is 5.69 Å². The highest BCUT2D eigenvalue weighted by molar-refractivity contribution is 7.99. The minimum absolute atomic E-state index is 0.116. The Morgan fingerprint density at radius 3 is 2.26 bits per heavy atom. The second-order valence-electron chi connectivity index (χ2n) is 6.52. The zero-order valence-electron chi connectivity index (χ0n) is 16.4. The van der Waals surface area contributed by atoms with E-state index in [0.717, 1.165) is 11.5 Å². The highest BCUT2D eigenvalue weighted by Gasteiger charge is 2.16. The normalized spacial score (nSPS) is 10.7. The first kappa shape index (κ1) is 21.5. The second-order valence-corrected chi connectivity index (χ2v) is 8.94. The highest BCUT2D eigenvalue weighted by Crippen LogP contribution is 2.27.